The number of methoxy groups -OCH3 is 2. The summed E-state index contributed by atoms with van der Waals surface area (Å²) in [7, 11) is 3.25. The lowest BCUT2D eigenvalue weighted by atomic mass is 10.2. The van der Waals surface area contributed by atoms with E-state index in [1.807, 2.05) is 48.5 Å². The maximum absolute atomic E-state index is 5.91. The summed E-state index contributed by atoms with van der Waals surface area (Å²) in [6.45, 7) is 0. The van der Waals surface area contributed by atoms with Crippen molar-refractivity contribution in [2.75, 3.05) is 14.2 Å². The highest BCUT2D eigenvalue weighted by Gasteiger charge is 2.19. The number of rotatable bonds is 4. The smallest absolute Gasteiger partial charge is 0.235 e. The third-order valence-corrected chi connectivity index (χ3v) is 5.21. The summed E-state index contributed by atoms with van der Waals surface area (Å²) in [5, 5.41) is 15.0. The molecular formula is C19H14N4O3S. The fourth-order valence-electron chi connectivity index (χ4n) is 2.95. The molecule has 0 atom stereocenters. The lowest BCUT2D eigenvalue weighted by molar-refractivity contribution is 0.395. The lowest BCUT2D eigenvalue weighted by Gasteiger charge is -2.07. The van der Waals surface area contributed by atoms with E-state index < -0.39 is 0 Å². The quantitative estimate of drug-likeness (QED) is 0.465. The van der Waals surface area contributed by atoms with Gasteiger partial charge in [0.25, 0.3) is 0 Å². The van der Waals surface area contributed by atoms with Crippen molar-refractivity contribution in [3.8, 4) is 33.7 Å². The average molecular weight is 378 g/mol. The molecule has 0 bridgehead atoms. The van der Waals surface area contributed by atoms with Gasteiger partial charge in [0.2, 0.25) is 10.8 Å². The van der Waals surface area contributed by atoms with Crippen LogP contribution in [-0.2, 0) is 0 Å². The van der Waals surface area contributed by atoms with Gasteiger partial charge in [-0.1, -0.05) is 29.5 Å². The van der Waals surface area contributed by atoms with E-state index >= 15 is 0 Å². The maximum Gasteiger partial charge on any atom is 0.235 e. The van der Waals surface area contributed by atoms with Crippen LogP contribution in [-0.4, -0.2) is 34.0 Å². The number of para-hydroxylation sites is 1. The second kappa shape index (κ2) is 6.10. The van der Waals surface area contributed by atoms with Crippen molar-refractivity contribution in [3.05, 3.63) is 48.5 Å². The van der Waals surface area contributed by atoms with Gasteiger partial charge in [0.05, 0.1) is 19.8 Å². The van der Waals surface area contributed by atoms with Gasteiger partial charge in [0.15, 0.2) is 10.8 Å². The second-order valence-electron chi connectivity index (χ2n) is 5.84. The van der Waals surface area contributed by atoms with Gasteiger partial charge in [0, 0.05) is 11.5 Å². The van der Waals surface area contributed by atoms with Crippen LogP contribution in [0.5, 0.6) is 11.5 Å². The Hall–Kier alpha value is -3.39. The molecule has 3 heterocycles. The molecule has 7 nitrogen and oxygen atoms in total. The fourth-order valence-corrected chi connectivity index (χ4v) is 3.82. The van der Waals surface area contributed by atoms with Crippen molar-refractivity contribution in [2.24, 2.45) is 0 Å². The monoisotopic (exact) mass is 378 g/mol. The normalized spacial score (nSPS) is 11.3. The van der Waals surface area contributed by atoms with Crippen LogP contribution < -0.4 is 9.47 Å². The van der Waals surface area contributed by atoms with Gasteiger partial charge >= 0.3 is 0 Å². The van der Waals surface area contributed by atoms with Crippen LogP contribution >= 0.6 is 11.3 Å². The van der Waals surface area contributed by atoms with E-state index in [9.17, 15) is 0 Å². The Balaban J connectivity index is 1.63. The van der Waals surface area contributed by atoms with Gasteiger partial charge in [-0.25, -0.2) is 0 Å². The molecule has 0 aliphatic heterocycles. The van der Waals surface area contributed by atoms with Crippen molar-refractivity contribution in [3.63, 3.8) is 0 Å². The molecule has 2 aromatic carbocycles. The highest BCUT2D eigenvalue weighted by Crippen LogP contribution is 2.36. The van der Waals surface area contributed by atoms with Gasteiger partial charge in [-0.3, -0.25) is 0 Å². The number of hydrogen-bond donors (Lipinski definition) is 0. The Kier molecular flexibility index (Phi) is 3.58. The summed E-state index contributed by atoms with van der Waals surface area (Å²) < 4.78 is 18.4. The number of ether oxygens (including phenoxy) is 2. The highest BCUT2D eigenvalue weighted by atomic mass is 32.1. The van der Waals surface area contributed by atoms with Crippen molar-refractivity contribution in [1.29, 1.82) is 0 Å². The molecule has 0 spiro atoms. The molecule has 0 saturated carbocycles. The van der Waals surface area contributed by atoms with Gasteiger partial charge in [-0.2, -0.15) is 9.61 Å². The number of nitrogens with zero attached hydrogens (tertiary/aromatic N) is 4. The van der Waals surface area contributed by atoms with Gasteiger partial charge in [-0.05, 0) is 24.3 Å². The molecule has 27 heavy (non-hydrogen) atoms. The molecule has 0 aliphatic rings. The summed E-state index contributed by atoms with van der Waals surface area (Å²) in [6, 6.07) is 15.4. The third kappa shape index (κ3) is 2.53. The van der Waals surface area contributed by atoms with Crippen LogP contribution in [0.4, 0.5) is 0 Å². The number of fused-ring (bicyclic) bond motifs is 2. The zero-order chi connectivity index (χ0) is 18.4. The molecule has 0 saturated heterocycles. The van der Waals surface area contributed by atoms with Crippen molar-refractivity contribution < 1.29 is 13.9 Å². The zero-order valence-corrected chi connectivity index (χ0v) is 15.4. The zero-order valence-electron chi connectivity index (χ0n) is 14.5. The minimum atomic E-state index is 0.566. The first-order valence-corrected chi connectivity index (χ1v) is 9.02. The third-order valence-electron chi connectivity index (χ3n) is 4.28. The highest BCUT2D eigenvalue weighted by molar-refractivity contribution is 7.19. The van der Waals surface area contributed by atoms with Crippen LogP contribution in [0.25, 0.3) is 38.1 Å². The molecule has 0 N–H and O–H groups in total. The van der Waals surface area contributed by atoms with Crippen LogP contribution in [0.3, 0.4) is 0 Å². The minimum absolute atomic E-state index is 0.566. The Bertz CT molecular complexity index is 1240. The number of aromatic nitrogens is 4. The summed E-state index contributed by atoms with van der Waals surface area (Å²) in [6.07, 6.45) is 0. The lowest BCUT2D eigenvalue weighted by Crippen LogP contribution is -1.92. The van der Waals surface area contributed by atoms with E-state index in [1.54, 1.807) is 18.7 Å². The molecule has 134 valence electrons. The number of benzene rings is 2. The fraction of sp³-hybridized carbons (Fsp3) is 0.105. The predicted octanol–water partition coefficient (Wildman–Crippen LogP) is 4.28. The minimum Gasteiger partial charge on any atom is -0.497 e. The van der Waals surface area contributed by atoms with E-state index in [-0.39, 0.29) is 0 Å². The number of hydrogen-bond acceptors (Lipinski definition) is 7. The van der Waals surface area contributed by atoms with Gasteiger partial charge < -0.3 is 13.9 Å². The standard InChI is InChI=1S/C19H14N4O3S/c1-24-12-7-8-13(15(10-12)25-2)18-22-23-17(20-21-19(23)27-18)16-9-11-5-3-4-6-14(11)26-16/h3-10H,1-2H3. The first-order chi connectivity index (χ1) is 13.3. The second-order valence-corrected chi connectivity index (χ2v) is 6.80. The molecule has 0 aliphatic carbocycles. The molecule has 0 radical (unpaired) electrons. The van der Waals surface area contributed by atoms with E-state index in [0.29, 0.717) is 22.3 Å². The summed E-state index contributed by atoms with van der Waals surface area (Å²) >= 11 is 1.43. The molecule has 8 heteroatoms. The largest absolute Gasteiger partial charge is 0.497 e. The SMILES string of the molecule is COc1ccc(-c2nn3c(-c4cc5ccccc5o4)nnc3s2)c(OC)c1. The molecule has 5 aromatic rings. The van der Waals surface area contributed by atoms with Crippen LogP contribution in [0, 0.1) is 0 Å². The van der Waals surface area contributed by atoms with Crippen LogP contribution in [0.1, 0.15) is 0 Å². The summed E-state index contributed by atoms with van der Waals surface area (Å²) in [5.74, 6) is 2.60. The number of furan rings is 1. The van der Waals surface area contributed by atoms with Gasteiger partial charge in [0.1, 0.15) is 17.1 Å². The van der Waals surface area contributed by atoms with Crippen LogP contribution in [0.2, 0.25) is 0 Å². The Labute approximate surface area is 157 Å². The maximum atomic E-state index is 5.91. The summed E-state index contributed by atoms with van der Waals surface area (Å²) in [4.78, 5) is 0.679. The van der Waals surface area contributed by atoms with Crippen molar-refractivity contribution in [1.82, 2.24) is 19.8 Å². The average Bonchev–Trinajstić information content (AvgIpc) is 3.40. The molecular weight excluding hydrogens is 364 g/mol. The van der Waals surface area contributed by atoms with E-state index in [2.05, 4.69) is 15.3 Å². The molecule has 0 amide bonds. The van der Waals surface area contributed by atoms with Crippen molar-refractivity contribution >= 4 is 27.3 Å². The van der Waals surface area contributed by atoms with E-state index in [1.165, 1.54) is 11.3 Å². The topological polar surface area (TPSA) is 74.7 Å². The van der Waals surface area contributed by atoms with E-state index in [4.69, 9.17) is 13.9 Å². The summed E-state index contributed by atoms with van der Waals surface area (Å²) in [5.41, 5.74) is 1.67. The van der Waals surface area contributed by atoms with E-state index in [0.717, 1.165) is 27.3 Å². The molecule has 0 unspecified atom stereocenters. The Morgan fingerprint density at radius 3 is 2.70 bits per heavy atom. The molecule has 3 aromatic heterocycles. The van der Waals surface area contributed by atoms with Crippen LogP contribution in [0.15, 0.2) is 52.9 Å². The molecule has 0 fully saturated rings. The predicted molar refractivity (Wildman–Crippen MR) is 102 cm³/mol. The first-order valence-electron chi connectivity index (χ1n) is 8.20. The Morgan fingerprint density at radius 2 is 1.89 bits per heavy atom. The first kappa shape index (κ1) is 15.8. The molecule has 5 rings (SSSR count). The van der Waals surface area contributed by atoms with Crippen molar-refractivity contribution in [2.45, 2.75) is 0 Å². The van der Waals surface area contributed by atoms with Gasteiger partial charge in [-0.15, -0.1) is 10.2 Å². The Morgan fingerprint density at radius 1 is 1.00 bits per heavy atom.